The third-order valence-corrected chi connectivity index (χ3v) is 2.06. The Kier molecular flexibility index (Phi) is 7.20. The fourth-order valence-electron chi connectivity index (χ4n) is 0.509. The molecule has 2 nitrogen and oxygen atoms in total. The lowest BCUT2D eigenvalue weighted by Gasteiger charge is -2.02. The molecule has 0 aromatic heterocycles. The number of hydrogen-bond donors (Lipinski definition) is 2. The number of unbranched alkanes of at least 4 members (excludes halogenated alkanes) is 1. The van der Waals surface area contributed by atoms with E-state index in [1.807, 2.05) is 0 Å². The topological polar surface area (TPSA) is 35.1 Å². The minimum absolute atomic E-state index is 0.622. The van der Waals surface area contributed by atoms with Crippen LogP contribution in [0.15, 0.2) is 0 Å². The van der Waals surface area contributed by atoms with E-state index >= 15 is 0 Å². The highest BCUT2D eigenvalue weighted by atomic mass is 32.2. The maximum Gasteiger partial charge on any atom is 0.105 e. The fourth-order valence-corrected chi connectivity index (χ4v) is 1.28. The van der Waals surface area contributed by atoms with Crippen LogP contribution in [0.3, 0.4) is 0 Å². The van der Waals surface area contributed by atoms with E-state index in [1.165, 1.54) is 0 Å². The van der Waals surface area contributed by atoms with Crippen molar-refractivity contribution in [2.24, 2.45) is 0 Å². The lowest BCUT2D eigenvalue weighted by atomic mass is 10.3. The molecule has 1 N–H and O–H groups in total. The Morgan fingerprint density at radius 3 is 2.67 bits per heavy atom. The smallest absolute Gasteiger partial charge is 0.105 e. The van der Waals surface area contributed by atoms with Gasteiger partial charge in [-0.25, -0.2) is 0 Å². The highest BCUT2D eigenvalue weighted by Crippen LogP contribution is 1.92. The number of hydrogen-bond acceptors (Lipinski definition) is 3. The van der Waals surface area contributed by atoms with Crippen LogP contribution in [0.4, 0.5) is 0 Å². The molecule has 1 unspecified atom stereocenters. The summed E-state index contributed by atoms with van der Waals surface area (Å²) >= 11 is 3.20. The summed E-state index contributed by atoms with van der Waals surface area (Å²) in [5.41, 5.74) is 0. The van der Waals surface area contributed by atoms with Crippen molar-refractivity contribution < 1.29 is 4.55 Å². The average molecular weight is 167 g/mol. The first-order chi connectivity index (χ1) is 4.27. The molecule has 0 spiro atoms. The van der Waals surface area contributed by atoms with Crippen molar-refractivity contribution in [3.63, 3.8) is 0 Å². The minimum Gasteiger partial charge on any atom is -0.617 e. The molecule has 0 saturated carbocycles. The van der Waals surface area contributed by atoms with Crippen LogP contribution in [-0.2, 0) is 11.2 Å². The molecule has 0 aromatic rings. The molecule has 0 radical (unpaired) electrons. The summed E-state index contributed by atoms with van der Waals surface area (Å²) in [5.74, 6) is 0.815. The van der Waals surface area contributed by atoms with Gasteiger partial charge in [-0.15, -0.1) is 0 Å². The van der Waals surface area contributed by atoms with Gasteiger partial charge in [-0.1, -0.05) is 24.0 Å². The van der Waals surface area contributed by atoms with Gasteiger partial charge in [0.2, 0.25) is 0 Å². The Labute approximate surface area is 65.1 Å². The van der Waals surface area contributed by atoms with E-state index in [0.717, 1.165) is 25.1 Å². The molecule has 4 heteroatoms. The van der Waals surface area contributed by atoms with Gasteiger partial charge in [-0.05, 0) is 12.8 Å². The maximum absolute atomic E-state index is 10.5. The molecule has 0 aromatic carbocycles. The largest absolute Gasteiger partial charge is 0.617 e. The number of nitrogens with one attached hydrogen (secondary N) is 1. The van der Waals surface area contributed by atoms with Crippen molar-refractivity contribution in [3.8, 4) is 0 Å². The normalized spacial score (nSPS) is 13.7. The molecular weight excluding hydrogens is 154 g/mol. The van der Waals surface area contributed by atoms with E-state index in [1.54, 1.807) is 6.26 Å². The standard InChI is InChI=1S/C5H13NOS2/c1-9(7)5-3-2-4-6-8/h6,8H,2-5H2,1H3. The number of thiol groups is 1. The van der Waals surface area contributed by atoms with Crippen LogP contribution in [0.1, 0.15) is 12.8 Å². The van der Waals surface area contributed by atoms with E-state index in [4.69, 9.17) is 0 Å². The molecule has 1 atom stereocenters. The van der Waals surface area contributed by atoms with E-state index in [-0.39, 0.29) is 0 Å². The quantitative estimate of drug-likeness (QED) is 0.357. The van der Waals surface area contributed by atoms with E-state index in [0.29, 0.717) is 0 Å². The second-order valence-electron chi connectivity index (χ2n) is 1.89. The lowest BCUT2D eigenvalue weighted by molar-refractivity contribution is 0.596. The van der Waals surface area contributed by atoms with Gasteiger partial charge < -0.3 is 4.55 Å². The van der Waals surface area contributed by atoms with Gasteiger partial charge in [-0.2, -0.15) is 0 Å². The Morgan fingerprint density at radius 1 is 1.56 bits per heavy atom. The fraction of sp³-hybridized carbons (Fsp3) is 1.00. The van der Waals surface area contributed by atoms with Crippen LogP contribution < -0.4 is 4.72 Å². The van der Waals surface area contributed by atoms with E-state index in [9.17, 15) is 4.55 Å². The van der Waals surface area contributed by atoms with Crippen LogP contribution >= 0.6 is 12.8 Å². The maximum atomic E-state index is 10.5. The molecule has 0 aliphatic heterocycles. The van der Waals surface area contributed by atoms with Gasteiger partial charge in [0.1, 0.15) is 5.75 Å². The lowest BCUT2D eigenvalue weighted by Crippen LogP contribution is -2.06. The summed E-state index contributed by atoms with van der Waals surface area (Å²) in [6, 6.07) is 0. The van der Waals surface area contributed by atoms with Crippen LogP contribution in [0.5, 0.6) is 0 Å². The van der Waals surface area contributed by atoms with E-state index < -0.39 is 11.2 Å². The molecule has 0 aliphatic carbocycles. The predicted octanol–water partition coefficient (Wildman–Crippen LogP) is 0.580. The van der Waals surface area contributed by atoms with Gasteiger partial charge in [-0.3, -0.25) is 4.72 Å². The van der Waals surface area contributed by atoms with Crippen molar-refractivity contribution in [1.82, 2.24) is 4.72 Å². The second kappa shape index (κ2) is 6.74. The number of rotatable bonds is 5. The monoisotopic (exact) mass is 167 g/mol. The van der Waals surface area contributed by atoms with Crippen molar-refractivity contribution in [3.05, 3.63) is 0 Å². The van der Waals surface area contributed by atoms with Crippen molar-refractivity contribution >= 4 is 24.0 Å². The summed E-state index contributed by atoms with van der Waals surface area (Å²) in [6.07, 6.45) is 3.81. The zero-order chi connectivity index (χ0) is 7.11. The minimum atomic E-state index is -0.622. The Balaban J connectivity index is 2.75. The molecule has 9 heavy (non-hydrogen) atoms. The molecule has 0 rings (SSSR count). The average Bonchev–Trinajstić information content (AvgIpc) is 1.80. The second-order valence-corrected chi connectivity index (χ2v) is 3.76. The van der Waals surface area contributed by atoms with Crippen molar-refractivity contribution in [2.45, 2.75) is 12.8 Å². The first kappa shape index (κ1) is 9.62. The first-order valence-corrected chi connectivity index (χ1v) is 5.12. The van der Waals surface area contributed by atoms with Crippen LogP contribution in [0.2, 0.25) is 0 Å². The van der Waals surface area contributed by atoms with Gasteiger partial charge in [0, 0.05) is 6.54 Å². The molecule has 56 valence electrons. The first-order valence-electron chi connectivity index (χ1n) is 2.94. The Morgan fingerprint density at radius 2 is 2.22 bits per heavy atom. The molecule has 0 amide bonds. The van der Waals surface area contributed by atoms with Crippen molar-refractivity contribution in [1.29, 1.82) is 0 Å². The third-order valence-electron chi connectivity index (χ3n) is 0.970. The summed E-state index contributed by atoms with van der Waals surface area (Å²) in [7, 11) is 0. The molecule has 0 bridgehead atoms. The zero-order valence-corrected chi connectivity index (χ0v) is 7.30. The summed E-state index contributed by atoms with van der Waals surface area (Å²) < 4.78 is 13.2. The Bertz CT molecular complexity index is 60.9. The van der Waals surface area contributed by atoms with Crippen LogP contribution in [0, 0.1) is 0 Å². The Hall–Kier alpha value is 0.620. The summed E-state index contributed by atoms with van der Waals surface area (Å²) in [6.45, 7) is 0.903. The molecular formula is C5H13NOS2. The highest BCUT2D eigenvalue weighted by Gasteiger charge is 1.94. The zero-order valence-electron chi connectivity index (χ0n) is 5.59. The van der Waals surface area contributed by atoms with Crippen LogP contribution in [-0.4, -0.2) is 23.1 Å². The SMILES string of the molecule is C[S+]([O-])CCCCNS. The van der Waals surface area contributed by atoms with E-state index in [2.05, 4.69) is 17.5 Å². The molecule has 0 heterocycles. The van der Waals surface area contributed by atoms with Crippen LogP contribution in [0.25, 0.3) is 0 Å². The molecule has 0 fully saturated rings. The summed E-state index contributed by atoms with van der Waals surface area (Å²) in [4.78, 5) is 0. The molecule has 0 aliphatic rings. The van der Waals surface area contributed by atoms with Gasteiger partial charge in [0.05, 0.1) is 6.26 Å². The highest BCUT2D eigenvalue weighted by molar-refractivity contribution is 7.90. The van der Waals surface area contributed by atoms with Gasteiger partial charge in [0.25, 0.3) is 0 Å². The predicted molar refractivity (Wildman–Crippen MR) is 45.2 cm³/mol. The van der Waals surface area contributed by atoms with Gasteiger partial charge >= 0.3 is 0 Å². The molecule has 0 saturated heterocycles. The van der Waals surface area contributed by atoms with Crippen molar-refractivity contribution in [2.75, 3.05) is 18.6 Å². The third kappa shape index (κ3) is 8.62. The summed E-state index contributed by atoms with van der Waals surface area (Å²) in [5, 5.41) is 0. The van der Waals surface area contributed by atoms with Gasteiger partial charge in [0.15, 0.2) is 0 Å².